The average Bonchev–Trinajstić information content (AvgIpc) is 2.81. The monoisotopic (exact) mass is 450 g/mol. The quantitative estimate of drug-likeness (QED) is 0.311. The van der Waals surface area contributed by atoms with Crippen LogP contribution in [0.2, 0.25) is 5.02 Å². The first-order valence-electron chi connectivity index (χ1n) is 9.92. The van der Waals surface area contributed by atoms with Gasteiger partial charge in [-0.1, -0.05) is 23.7 Å². The predicted octanol–water partition coefficient (Wildman–Crippen LogP) is 5.90. The fourth-order valence-corrected chi connectivity index (χ4v) is 3.17. The van der Waals surface area contributed by atoms with Crippen LogP contribution in [0.4, 0.5) is 0 Å². The zero-order valence-electron chi connectivity index (χ0n) is 17.2. The molecule has 1 heterocycles. The highest BCUT2D eigenvalue weighted by Crippen LogP contribution is 2.31. The summed E-state index contributed by atoms with van der Waals surface area (Å²) in [7, 11) is 0. The Bertz CT molecular complexity index is 1310. The highest BCUT2D eigenvalue weighted by atomic mass is 35.5. The van der Waals surface area contributed by atoms with E-state index in [-0.39, 0.29) is 23.6 Å². The summed E-state index contributed by atoms with van der Waals surface area (Å²) in [5, 5.41) is 0.879. The summed E-state index contributed by atoms with van der Waals surface area (Å²) in [6, 6.07) is 18.4. The number of benzene rings is 3. The molecule has 7 heteroatoms. The fourth-order valence-electron chi connectivity index (χ4n) is 3.05. The molecule has 0 radical (unpaired) electrons. The van der Waals surface area contributed by atoms with E-state index in [0.717, 1.165) is 0 Å². The molecule has 0 aliphatic carbocycles. The Morgan fingerprint density at radius 3 is 2.44 bits per heavy atom. The normalized spacial score (nSPS) is 10.7. The van der Waals surface area contributed by atoms with Crippen molar-refractivity contribution in [2.45, 2.75) is 6.92 Å². The van der Waals surface area contributed by atoms with Gasteiger partial charge in [-0.25, -0.2) is 0 Å². The number of ether oxygens (including phenoxy) is 3. The molecular formula is C25H19ClO6. The van der Waals surface area contributed by atoms with Crippen LogP contribution < -0.4 is 19.6 Å². The third-order valence-electron chi connectivity index (χ3n) is 4.62. The summed E-state index contributed by atoms with van der Waals surface area (Å²) in [6.07, 6.45) is 1.25. The number of hydrogen-bond donors (Lipinski definition) is 0. The molecule has 0 spiro atoms. The van der Waals surface area contributed by atoms with E-state index in [9.17, 15) is 9.59 Å². The average molecular weight is 451 g/mol. The molecule has 6 nitrogen and oxygen atoms in total. The lowest BCUT2D eigenvalue weighted by Gasteiger charge is -2.11. The van der Waals surface area contributed by atoms with E-state index in [1.54, 1.807) is 60.7 Å². The van der Waals surface area contributed by atoms with Crippen molar-refractivity contribution in [1.29, 1.82) is 0 Å². The lowest BCUT2D eigenvalue weighted by Crippen LogP contribution is -2.11. The summed E-state index contributed by atoms with van der Waals surface area (Å²) in [5.41, 5.74) is 0.481. The van der Waals surface area contributed by atoms with Gasteiger partial charge < -0.3 is 18.6 Å². The number of rotatable bonds is 8. The molecule has 0 aliphatic heterocycles. The highest BCUT2D eigenvalue weighted by Gasteiger charge is 2.13. The summed E-state index contributed by atoms with van der Waals surface area (Å²) in [4.78, 5) is 25.1. The van der Waals surface area contributed by atoms with Gasteiger partial charge in [-0.2, -0.15) is 0 Å². The van der Waals surface area contributed by atoms with Gasteiger partial charge in [0.2, 0.25) is 11.2 Å². The third-order valence-corrected chi connectivity index (χ3v) is 4.87. The maximum absolute atomic E-state index is 12.9. The van der Waals surface area contributed by atoms with Crippen LogP contribution in [0.15, 0.2) is 82.2 Å². The molecule has 162 valence electrons. The van der Waals surface area contributed by atoms with Crippen LogP contribution >= 0.6 is 11.6 Å². The summed E-state index contributed by atoms with van der Waals surface area (Å²) >= 11 is 5.84. The Hall–Kier alpha value is -3.77. The molecule has 0 unspecified atom stereocenters. The van der Waals surface area contributed by atoms with Crippen molar-refractivity contribution in [3.05, 3.63) is 93.8 Å². The number of Topliss-reactive ketones (excluding diaryl/α,β-unsaturated/α-hetero) is 1. The first-order chi connectivity index (χ1) is 15.5. The molecule has 0 bridgehead atoms. The van der Waals surface area contributed by atoms with Gasteiger partial charge in [-0.05, 0) is 55.5 Å². The lowest BCUT2D eigenvalue weighted by molar-refractivity contribution is 0.0921. The van der Waals surface area contributed by atoms with Gasteiger partial charge in [-0.3, -0.25) is 9.59 Å². The molecule has 0 saturated carbocycles. The van der Waals surface area contributed by atoms with Gasteiger partial charge in [0.25, 0.3) is 0 Å². The van der Waals surface area contributed by atoms with Gasteiger partial charge in [-0.15, -0.1) is 0 Å². The SMILES string of the molecule is CCOc1ccccc1Oc1coc2cc(OCC(=O)c3ccc(Cl)cc3)ccc2c1=O. The number of para-hydroxylation sites is 2. The number of carbonyl (C=O) groups excluding carboxylic acids is 1. The van der Waals surface area contributed by atoms with Crippen LogP contribution in [0.5, 0.6) is 23.0 Å². The number of carbonyl (C=O) groups is 1. The van der Waals surface area contributed by atoms with E-state index in [0.29, 0.717) is 45.4 Å². The van der Waals surface area contributed by atoms with Crippen LogP contribution in [0.25, 0.3) is 11.0 Å². The van der Waals surface area contributed by atoms with Crippen molar-refractivity contribution < 1.29 is 23.4 Å². The maximum atomic E-state index is 12.9. The summed E-state index contributed by atoms with van der Waals surface area (Å²) < 4.78 is 22.5. The van der Waals surface area contributed by atoms with Crippen LogP contribution in [0, 0.1) is 0 Å². The van der Waals surface area contributed by atoms with Crippen molar-refractivity contribution in [3.8, 4) is 23.0 Å². The summed E-state index contributed by atoms with van der Waals surface area (Å²) in [5.74, 6) is 1.19. The number of ketones is 1. The van der Waals surface area contributed by atoms with E-state index < -0.39 is 0 Å². The zero-order chi connectivity index (χ0) is 22.5. The van der Waals surface area contributed by atoms with Crippen LogP contribution in [-0.4, -0.2) is 19.0 Å². The van der Waals surface area contributed by atoms with Crippen LogP contribution in [0.3, 0.4) is 0 Å². The Morgan fingerprint density at radius 2 is 1.69 bits per heavy atom. The predicted molar refractivity (Wildman–Crippen MR) is 121 cm³/mol. The van der Waals surface area contributed by atoms with E-state index in [2.05, 4.69) is 0 Å². The number of hydrogen-bond acceptors (Lipinski definition) is 6. The molecule has 4 rings (SSSR count). The topological polar surface area (TPSA) is 75.0 Å². The summed E-state index contributed by atoms with van der Waals surface area (Å²) in [6.45, 7) is 2.17. The molecule has 1 aromatic heterocycles. The van der Waals surface area contributed by atoms with Crippen molar-refractivity contribution in [3.63, 3.8) is 0 Å². The van der Waals surface area contributed by atoms with Gasteiger partial charge in [0, 0.05) is 16.7 Å². The molecule has 32 heavy (non-hydrogen) atoms. The van der Waals surface area contributed by atoms with Crippen LogP contribution in [0.1, 0.15) is 17.3 Å². The van der Waals surface area contributed by atoms with Gasteiger partial charge in [0.15, 0.2) is 23.9 Å². The Morgan fingerprint density at radius 1 is 0.938 bits per heavy atom. The lowest BCUT2D eigenvalue weighted by atomic mass is 10.1. The van der Waals surface area contributed by atoms with Gasteiger partial charge in [0.05, 0.1) is 12.0 Å². The minimum atomic E-state index is -0.332. The highest BCUT2D eigenvalue weighted by molar-refractivity contribution is 6.30. The third kappa shape index (κ3) is 4.76. The Balaban J connectivity index is 1.51. The Kier molecular flexibility index (Phi) is 6.42. The van der Waals surface area contributed by atoms with E-state index >= 15 is 0 Å². The molecule has 0 N–H and O–H groups in total. The van der Waals surface area contributed by atoms with Crippen molar-refractivity contribution in [1.82, 2.24) is 0 Å². The van der Waals surface area contributed by atoms with Gasteiger partial charge >= 0.3 is 0 Å². The molecule has 4 aromatic rings. The van der Waals surface area contributed by atoms with E-state index in [1.165, 1.54) is 6.26 Å². The second kappa shape index (κ2) is 9.58. The maximum Gasteiger partial charge on any atom is 0.235 e. The Labute approximate surface area is 188 Å². The second-order valence-corrected chi connectivity index (χ2v) is 7.22. The largest absolute Gasteiger partial charge is 0.490 e. The van der Waals surface area contributed by atoms with Crippen molar-refractivity contribution >= 4 is 28.4 Å². The molecule has 0 aliphatic rings. The molecular weight excluding hydrogens is 432 g/mol. The van der Waals surface area contributed by atoms with Crippen LogP contribution in [-0.2, 0) is 0 Å². The molecule has 0 fully saturated rings. The minimum Gasteiger partial charge on any atom is -0.490 e. The standard InChI is InChI=1S/C25H19ClO6/c1-2-29-21-5-3-4-6-22(21)32-24-15-31-23-13-18(11-12-19(23)25(24)28)30-14-20(27)16-7-9-17(26)10-8-16/h3-13,15H,2,14H2,1H3. The zero-order valence-corrected chi connectivity index (χ0v) is 17.9. The van der Waals surface area contributed by atoms with Crippen molar-refractivity contribution in [2.75, 3.05) is 13.2 Å². The number of fused-ring (bicyclic) bond motifs is 1. The fraction of sp³-hybridized carbons (Fsp3) is 0.120. The van der Waals surface area contributed by atoms with E-state index in [4.69, 9.17) is 30.2 Å². The second-order valence-electron chi connectivity index (χ2n) is 6.79. The first-order valence-corrected chi connectivity index (χ1v) is 10.3. The molecule has 0 atom stereocenters. The van der Waals surface area contributed by atoms with E-state index in [1.807, 2.05) is 13.0 Å². The minimum absolute atomic E-state index is 0.0382. The van der Waals surface area contributed by atoms with Gasteiger partial charge in [0.1, 0.15) is 17.6 Å². The molecule has 0 amide bonds. The van der Waals surface area contributed by atoms with Crippen molar-refractivity contribution in [2.24, 2.45) is 0 Å². The molecule has 0 saturated heterocycles. The first kappa shape index (κ1) is 21.5. The smallest absolute Gasteiger partial charge is 0.235 e. The number of halogens is 1. The molecule has 3 aromatic carbocycles.